The summed E-state index contributed by atoms with van der Waals surface area (Å²) in [6.45, 7) is 4.05. The molecule has 1 heterocycles. The zero-order valence-electron chi connectivity index (χ0n) is 12.3. The zero-order chi connectivity index (χ0) is 15.0. The smallest absolute Gasteiger partial charge is 0.344 e. The Labute approximate surface area is 122 Å². The van der Waals surface area contributed by atoms with Gasteiger partial charge >= 0.3 is 5.63 Å². The van der Waals surface area contributed by atoms with Crippen molar-refractivity contribution in [2.24, 2.45) is 0 Å². The topological polar surface area (TPSA) is 39.4 Å². The fourth-order valence-corrected chi connectivity index (χ4v) is 2.42. The highest BCUT2D eigenvalue weighted by molar-refractivity contribution is 5.85. The highest BCUT2D eigenvalue weighted by atomic mass is 16.5. The molecule has 0 atom stereocenters. The van der Waals surface area contributed by atoms with Crippen LogP contribution in [-0.4, -0.2) is 7.11 Å². The van der Waals surface area contributed by atoms with Crippen LogP contribution in [0.2, 0.25) is 0 Å². The zero-order valence-corrected chi connectivity index (χ0v) is 12.3. The third kappa shape index (κ3) is 2.31. The molecule has 3 nitrogen and oxygen atoms in total. The molecule has 0 radical (unpaired) electrons. The first kappa shape index (κ1) is 13.4. The van der Waals surface area contributed by atoms with Crippen LogP contribution in [0.3, 0.4) is 0 Å². The maximum Gasteiger partial charge on any atom is 0.344 e. The molecule has 0 saturated heterocycles. The molecule has 3 heteroatoms. The van der Waals surface area contributed by atoms with Crippen molar-refractivity contribution in [2.75, 3.05) is 7.11 Å². The van der Waals surface area contributed by atoms with Crippen LogP contribution in [-0.2, 0) is 0 Å². The number of hydrogen-bond donors (Lipinski definition) is 0. The van der Waals surface area contributed by atoms with Gasteiger partial charge in [0.2, 0.25) is 0 Å². The van der Waals surface area contributed by atoms with Gasteiger partial charge in [-0.1, -0.05) is 18.2 Å². The lowest BCUT2D eigenvalue weighted by molar-refractivity contribution is 0.413. The molecule has 3 aromatic rings. The number of benzene rings is 2. The van der Waals surface area contributed by atoms with E-state index in [0.717, 1.165) is 22.1 Å². The quantitative estimate of drug-likeness (QED) is 0.710. The number of hydrogen-bond acceptors (Lipinski definition) is 3. The van der Waals surface area contributed by atoms with Crippen molar-refractivity contribution in [3.63, 3.8) is 0 Å². The first-order chi connectivity index (χ1) is 10.1. The van der Waals surface area contributed by atoms with Crippen LogP contribution in [0.1, 0.15) is 11.1 Å². The maximum absolute atomic E-state index is 12.1. The Morgan fingerprint density at radius 1 is 1.00 bits per heavy atom. The molecule has 0 aliphatic heterocycles. The predicted molar refractivity (Wildman–Crippen MR) is 83.9 cm³/mol. The van der Waals surface area contributed by atoms with Gasteiger partial charge in [0.05, 0.1) is 18.1 Å². The molecular weight excluding hydrogens is 264 g/mol. The van der Waals surface area contributed by atoms with E-state index in [0.29, 0.717) is 16.9 Å². The van der Waals surface area contributed by atoms with Gasteiger partial charge < -0.3 is 9.15 Å². The Morgan fingerprint density at radius 2 is 1.71 bits per heavy atom. The summed E-state index contributed by atoms with van der Waals surface area (Å²) in [5.74, 6) is 1.23. The van der Waals surface area contributed by atoms with E-state index in [-0.39, 0.29) is 5.63 Å². The molecule has 0 amide bonds. The molecule has 2 aromatic carbocycles. The summed E-state index contributed by atoms with van der Waals surface area (Å²) >= 11 is 0. The molecule has 0 bridgehead atoms. The lowest BCUT2D eigenvalue weighted by Crippen LogP contribution is -2.01. The Hall–Kier alpha value is -2.55. The van der Waals surface area contributed by atoms with E-state index in [4.69, 9.17) is 9.15 Å². The third-order valence-corrected chi connectivity index (χ3v) is 3.75. The van der Waals surface area contributed by atoms with Gasteiger partial charge in [-0.15, -0.1) is 0 Å². The molecule has 1 aromatic heterocycles. The van der Waals surface area contributed by atoms with E-state index in [1.807, 2.05) is 50.2 Å². The molecule has 0 fully saturated rings. The maximum atomic E-state index is 12.1. The molecule has 0 spiro atoms. The molecule has 0 N–H and O–H groups in total. The molecule has 0 saturated carbocycles. The molecule has 0 aliphatic carbocycles. The van der Waals surface area contributed by atoms with Crippen molar-refractivity contribution in [3.05, 3.63) is 64.0 Å². The number of ether oxygens (including phenoxy) is 1. The standard InChI is InChI=1S/C18H16O3/c1-11-8-15(16(20-3)9-12(11)2)17-10-13-6-4-5-7-14(13)18(19)21-17/h4-10H,1-3H3. The summed E-state index contributed by atoms with van der Waals surface area (Å²) in [5, 5.41) is 1.45. The Balaban J connectivity index is 2.30. The molecule has 3 rings (SSSR count). The van der Waals surface area contributed by atoms with Gasteiger partial charge in [0, 0.05) is 0 Å². The lowest BCUT2D eigenvalue weighted by atomic mass is 10.0. The summed E-state index contributed by atoms with van der Waals surface area (Å²) < 4.78 is 10.9. The minimum atomic E-state index is -0.330. The van der Waals surface area contributed by atoms with Gasteiger partial charge in [-0.05, 0) is 54.6 Å². The highest BCUT2D eigenvalue weighted by Gasteiger charge is 2.12. The highest BCUT2D eigenvalue weighted by Crippen LogP contribution is 2.33. The second kappa shape index (κ2) is 5.09. The van der Waals surface area contributed by atoms with E-state index in [9.17, 15) is 4.79 Å². The number of aryl methyl sites for hydroxylation is 2. The van der Waals surface area contributed by atoms with Crippen LogP contribution in [0.4, 0.5) is 0 Å². The first-order valence-corrected chi connectivity index (χ1v) is 6.78. The average Bonchev–Trinajstić information content (AvgIpc) is 2.49. The minimum Gasteiger partial charge on any atom is -0.496 e. The van der Waals surface area contributed by atoms with Crippen LogP contribution in [0, 0.1) is 13.8 Å². The second-order valence-electron chi connectivity index (χ2n) is 5.12. The summed E-state index contributed by atoms with van der Waals surface area (Å²) in [4.78, 5) is 12.1. The Morgan fingerprint density at radius 3 is 2.48 bits per heavy atom. The largest absolute Gasteiger partial charge is 0.496 e. The fraction of sp³-hybridized carbons (Fsp3) is 0.167. The monoisotopic (exact) mass is 280 g/mol. The van der Waals surface area contributed by atoms with Crippen LogP contribution in [0.15, 0.2) is 51.7 Å². The van der Waals surface area contributed by atoms with Gasteiger partial charge in [0.1, 0.15) is 11.5 Å². The van der Waals surface area contributed by atoms with E-state index < -0.39 is 0 Å². The Bertz CT molecular complexity index is 875. The number of methoxy groups -OCH3 is 1. The molecular formula is C18H16O3. The summed E-state index contributed by atoms with van der Waals surface area (Å²) in [7, 11) is 1.62. The van der Waals surface area contributed by atoms with Crippen molar-refractivity contribution >= 4 is 10.8 Å². The van der Waals surface area contributed by atoms with Crippen molar-refractivity contribution in [3.8, 4) is 17.1 Å². The van der Waals surface area contributed by atoms with Crippen molar-refractivity contribution in [1.29, 1.82) is 0 Å². The van der Waals surface area contributed by atoms with Gasteiger partial charge in [-0.3, -0.25) is 0 Å². The van der Waals surface area contributed by atoms with E-state index in [2.05, 4.69) is 0 Å². The van der Waals surface area contributed by atoms with Crippen LogP contribution < -0.4 is 10.4 Å². The SMILES string of the molecule is COc1cc(C)c(C)cc1-c1cc2ccccc2c(=O)o1. The summed E-state index contributed by atoms with van der Waals surface area (Å²) in [6.07, 6.45) is 0. The van der Waals surface area contributed by atoms with Gasteiger partial charge in [0.15, 0.2) is 0 Å². The van der Waals surface area contributed by atoms with Gasteiger partial charge in [-0.25, -0.2) is 4.79 Å². The van der Waals surface area contributed by atoms with Gasteiger partial charge in [0.25, 0.3) is 0 Å². The van der Waals surface area contributed by atoms with Crippen LogP contribution in [0.5, 0.6) is 5.75 Å². The third-order valence-electron chi connectivity index (χ3n) is 3.75. The average molecular weight is 280 g/mol. The van der Waals surface area contributed by atoms with Crippen molar-refractivity contribution in [2.45, 2.75) is 13.8 Å². The van der Waals surface area contributed by atoms with Crippen molar-refractivity contribution in [1.82, 2.24) is 0 Å². The molecule has 0 unspecified atom stereocenters. The summed E-state index contributed by atoms with van der Waals surface area (Å²) in [6, 6.07) is 13.2. The predicted octanol–water partition coefficient (Wildman–Crippen LogP) is 4.09. The normalized spacial score (nSPS) is 10.8. The second-order valence-corrected chi connectivity index (χ2v) is 5.12. The Kier molecular flexibility index (Phi) is 3.26. The van der Waals surface area contributed by atoms with E-state index in [1.54, 1.807) is 13.2 Å². The fourth-order valence-electron chi connectivity index (χ4n) is 2.42. The van der Waals surface area contributed by atoms with Gasteiger partial charge in [-0.2, -0.15) is 0 Å². The van der Waals surface area contributed by atoms with Crippen molar-refractivity contribution < 1.29 is 9.15 Å². The number of fused-ring (bicyclic) bond motifs is 1. The number of rotatable bonds is 2. The first-order valence-electron chi connectivity index (χ1n) is 6.78. The molecule has 21 heavy (non-hydrogen) atoms. The van der Waals surface area contributed by atoms with E-state index >= 15 is 0 Å². The van der Waals surface area contributed by atoms with E-state index in [1.165, 1.54) is 0 Å². The molecule has 106 valence electrons. The molecule has 0 aliphatic rings. The minimum absolute atomic E-state index is 0.330. The van der Waals surface area contributed by atoms with Crippen LogP contribution in [0.25, 0.3) is 22.1 Å². The van der Waals surface area contributed by atoms with Crippen LogP contribution >= 0.6 is 0 Å². The lowest BCUT2D eigenvalue weighted by Gasteiger charge is -2.11. The summed E-state index contributed by atoms with van der Waals surface area (Å²) in [5.41, 5.74) is 2.73.